The van der Waals surface area contributed by atoms with Gasteiger partial charge in [-0.1, -0.05) is 29.9 Å². The first kappa shape index (κ1) is 18.0. The van der Waals surface area contributed by atoms with E-state index in [1.165, 1.54) is 11.6 Å². The third-order valence-electron chi connectivity index (χ3n) is 4.43. The highest BCUT2D eigenvalue weighted by atomic mass is 16.4. The van der Waals surface area contributed by atoms with Gasteiger partial charge in [-0.05, 0) is 43.9 Å². The second kappa shape index (κ2) is 7.97. The van der Waals surface area contributed by atoms with Crippen molar-refractivity contribution >= 4 is 5.97 Å². The van der Waals surface area contributed by atoms with Gasteiger partial charge in [0.15, 0.2) is 0 Å². The summed E-state index contributed by atoms with van der Waals surface area (Å²) in [5.74, 6) is -1.32. The summed E-state index contributed by atoms with van der Waals surface area (Å²) < 4.78 is 0. The van der Waals surface area contributed by atoms with Gasteiger partial charge in [0.1, 0.15) is 11.3 Å². The molecule has 0 spiro atoms. The lowest BCUT2D eigenvalue weighted by Crippen LogP contribution is -2.44. The van der Waals surface area contributed by atoms with Gasteiger partial charge < -0.3 is 10.2 Å². The van der Waals surface area contributed by atoms with Gasteiger partial charge in [0.25, 0.3) is 0 Å². The maximum atomic E-state index is 11.2. The van der Waals surface area contributed by atoms with Crippen LogP contribution < -0.4 is 0 Å². The van der Waals surface area contributed by atoms with E-state index < -0.39 is 5.97 Å². The molecule has 24 heavy (non-hydrogen) atoms. The summed E-state index contributed by atoms with van der Waals surface area (Å²) in [7, 11) is 0. The molecule has 2 N–H and O–H groups in total. The molecule has 1 aromatic rings. The third-order valence-corrected chi connectivity index (χ3v) is 4.43. The molecule has 1 heterocycles. The minimum Gasteiger partial charge on any atom is -0.507 e. The standard InChI is InChI=1S/C20H25NO3/c1-4-6-16-10-14(3)11-17(7-5-2)21(16)13-15-8-9-19(22)18(12-15)20(23)24/h4-5,8-10,12,16-17,22H,1-2,6-7,11,13H2,3H3,(H,23,24)/t16-,17-/m0/s1. The van der Waals surface area contributed by atoms with Gasteiger partial charge in [-0.15, -0.1) is 13.2 Å². The van der Waals surface area contributed by atoms with Crippen LogP contribution >= 0.6 is 0 Å². The van der Waals surface area contributed by atoms with E-state index in [0.717, 1.165) is 24.8 Å². The summed E-state index contributed by atoms with van der Waals surface area (Å²) in [4.78, 5) is 13.6. The van der Waals surface area contributed by atoms with E-state index in [1.807, 2.05) is 12.2 Å². The van der Waals surface area contributed by atoms with Crippen LogP contribution in [0.5, 0.6) is 5.75 Å². The Hall–Kier alpha value is -2.33. The zero-order valence-electron chi connectivity index (χ0n) is 14.1. The quantitative estimate of drug-likeness (QED) is 0.739. The zero-order chi connectivity index (χ0) is 17.7. The maximum absolute atomic E-state index is 11.2. The van der Waals surface area contributed by atoms with Crippen molar-refractivity contribution in [3.05, 3.63) is 66.3 Å². The number of nitrogens with zero attached hydrogens (tertiary/aromatic N) is 1. The highest BCUT2D eigenvalue weighted by Gasteiger charge is 2.28. The van der Waals surface area contributed by atoms with Crippen molar-refractivity contribution in [3.63, 3.8) is 0 Å². The fraction of sp³-hybridized carbons (Fsp3) is 0.350. The largest absolute Gasteiger partial charge is 0.507 e. The molecule has 4 nitrogen and oxygen atoms in total. The first-order chi connectivity index (χ1) is 11.5. The topological polar surface area (TPSA) is 60.8 Å². The summed E-state index contributed by atoms with van der Waals surface area (Å²) in [6, 6.07) is 5.36. The van der Waals surface area contributed by atoms with E-state index in [1.54, 1.807) is 12.1 Å². The van der Waals surface area contributed by atoms with Crippen molar-refractivity contribution in [2.24, 2.45) is 0 Å². The Morgan fingerprint density at radius 3 is 2.67 bits per heavy atom. The Labute approximate surface area is 143 Å². The van der Waals surface area contributed by atoms with Crippen LogP contribution in [0.25, 0.3) is 0 Å². The molecule has 0 unspecified atom stereocenters. The van der Waals surface area contributed by atoms with Gasteiger partial charge in [-0.3, -0.25) is 4.90 Å². The van der Waals surface area contributed by atoms with Crippen molar-refractivity contribution in [2.45, 2.75) is 44.8 Å². The van der Waals surface area contributed by atoms with Crippen LogP contribution in [0.3, 0.4) is 0 Å². The first-order valence-electron chi connectivity index (χ1n) is 8.16. The van der Waals surface area contributed by atoms with Crippen molar-refractivity contribution in [3.8, 4) is 5.75 Å². The van der Waals surface area contributed by atoms with Crippen LogP contribution in [0, 0.1) is 0 Å². The van der Waals surface area contributed by atoms with Gasteiger partial charge in [0.05, 0.1) is 0 Å². The summed E-state index contributed by atoms with van der Waals surface area (Å²) in [6.45, 7) is 10.5. The van der Waals surface area contributed by atoms with Crippen molar-refractivity contribution in [2.75, 3.05) is 0 Å². The van der Waals surface area contributed by atoms with E-state index in [-0.39, 0.29) is 17.4 Å². The molecule has 1 aromatic carbocycles. The molecule has 0 aliphatic carbocycles. The molecule has 1 aliphatic rings. The highest BCUT2D eigenvalue weighted by molar-refractivity contribution is 5.90. The van der Waals surface area contributed by atoms with Crippen LogP contribution in [0.1, 0.15) is 42.1 Å². The molecule has 0 saturated heterocycles. The molecule has 2 rings (SSSR count). The lowest BCUT2D eigenvalue weighted by molar-refractivity contribution is 0.0693. The number of benzene rings is 1. The normalized spacial score (nSPS) is 21.1. The van der Waals surface area contributed by atoms with Gasteiger partial charge in [0, 0.05) is 18.6 Å². The molecule has 0 saturated carbocycles. The van der Waals surface area contributed by atoms with Crippen LogP contribution in [0.2, 0.25) is 0 Å². The van der Waals surface area contributed by atoms with E-state index in [2.05, 4.69) is 31.1 Å². The zero-order valence-corrected chi connectivity index (χ0v) is 14.1. The number of phenols is 1. The lowest BCUT2D eigenvalue weighted by atomic mass is 9.92. The molecule has 0 radical (unpaired) electrons. The smallest absolute Gasteiger partial charge is 0.339 e. The molecule has 4 heteroatoms. The maximum Gasteiger partial charge on any atom is 0.339 e. The summed E-state index contributed by atoms with van der Waals surface area (Å²) in [5.41, 5.74) is 2.18. The first-order valence-corrected chi connectivity index (χ1v) is 8.16. The Morgan fingerprint density at radius 1 is 1.33 bits per heavy atom. The average molecular weight is 327 g/mol. The number of aromatic carboxylic acids is 1. The van der Waals surface area contributed by atoms with Crippen LogP contribution in [0.4, 0.5) is 0 Å². The fourth-order valence-corrected chi connectivity index (χ4v) is 3.35. The Kier molecular flexibility index (Phi) is 5.99. The van der Waals surface area contributed by atoms with Crippen molar-refractivity contribution in [1.29, 1.82) is 0 Å². The van der Waals surface area contributed by atoms with E-state index in [4.69, 9.17) is 0 Å². The summed E-state index contributed by atoms with van der Waals surface area (Å²) in [5, 5.41) is 18.9. The summed E-state index contributed by atoms with van der Waals surface area (Å²) >= 11 is 0. The molecule has 0 amide bonds. The number of hydrogen-bond acceptors (Lipinski definition) is 3. The minimum absolute atomic E-state index is 0.0585. The van der Waals surface area contributed by atoms with Gasteiger partial charge in [0.2, 0.25) is 0 Å². The molecular weight excluding hydrogens is 302 g/mol. The Balaban J connectivity index is 2.31. The van der Waals surface area contributed by atoms with E-state index in [0.29, 0.717) is 12.6 Å². The second-order valence-electron chi connectivity index (χ2n) is 6.32. The second-order valence-corrected chi connectivity index (χ2v) is 6.32. The molecule has 2 atom stereocenters. The Bertz CT molecular complexity index is 663. The number of rotatable bonds is 7. The molecule has 0 fully saturated rings. The molecule has 1 aliphatic heterocycles. The lowest BCUT2D eigenvalue weighted by Gasteiger charge is -2.40. The molecular formula is C20H25NO3. The molecule has 0 bridgehead atoms. The number of carboxylic acid groups (broad SMARTS) is 1. The van der Waals surface area contributed by atoms with Crippen molar-refractivity contribution in [1.82, 2.24) is 4.90 Å². The van der Waals surface area contributed by atoms with Crippen LogP contribution in [-0.4, -0.2) is 33.2 Å². The minimum atomic E-state index is -1.12. The highest BCUT2D eigenvalue weighted by Crippen LogP contribution is 2.29. The average Bonchev–Trinajstić information content (AvgIpc) is 2.52. The SMILES string of the molecule is C=CC[C@H]1CC(C)=C[C@H](CC=C)N1Cc1ccc(O)c(C(=O)O)c1. The fourth-order valence-electron chi connectivity index (χ4n) is 3.35. The summed E-state index contributed by atoms with van der Waals surface area (Å²) in [6.07, 6.45) is 8.80. The van der Waals surface area contributed by atoms with Gasteiger partial charge >= 0.3 is 5.97 Å². The number of carbonyl (C=O) groups is 1. The van der Waals surface area contributed by atoms with Crippen molar-refractivity contribution < 1.29 is 15.0 Å². The van der Waals surface area contributed by atoms with Gasteiger partial charge in [-0.2, -0.15) is 0 Å². The predicted molar refractivity (Wildman–Crippen MR) is 96.2 cm³/mol. The van der Waals surface area contributed by atoms with Crippen LogP contribution in [0.15, 0.2) is 55.2 Å². The monoisotopic (exact) mass is 327 g/mol. The molecule has 128 valence electrons. The van der Waals surface area contributed by atoms with Crippen LogP contribution in [-0.2, 0) is 6.54 Å². The van der Waals surface area contributed by atoms with Gasteiger partial charge in [-0.25, -0.2) is 4.79 Å². The number of aromatic hydroxyl groups is 1. The predicted octanol–water partition coefficient (Wildman–Crippen LogP) is 4.13. The number of hydrogen-bond donors (Lipinski definition) is 2. The Morgan fingerprint density at radius 2 is 2.04 bits per heavy atom. The number of carboxylic acids is 1. The van der Waals surface area contributed by atoms with E-state index >= 15 is 0 Å². The van der Waals surface area contributed by atoms with E-state index in [9.17, 15) is 15.0 Å². The molecule has 0 aromatic heterocycles. The third kappa shape index (κ3) is 4.15.